The molecule has 1 N–H and O–H groups in total. The molecule has 23 heavy (non-hydrogen) atoms. The Labute approximate surface area is 134 Å². The largest absolute Gasteiger partial charge is 0.461 e. The van der Waals surface area contributed by atoms with E-state index in [0.29, 0.717) is 6.42 Å². The highest BCUT2D eigenvalue weighted by molar-refractivity contribution is 5.93. The van der Waals surface area contributed by atoms with Gasteiger partial charge in [0.05, 0.1) is 18.4 Å². The number of fused-ring (bicyclic) bond motifs is 3. The minimum atomic E-state index is -1.63. The van der Waals surface area contributed by atoms with Crippen molar-refractivity contribution in [1.82, 2.24) is 0 Å². The molecule has 3 aliphatic rings. The molecular weight excluding hydrogens is 300 g/mol. The van der Waals surface area contributed by atoms with Crippen LogP contribution in [0.1, 0.15) is 33.1 Å². The Morgan fingerprint density at radius 1 is 1.48 bits per heavy atom. The predicted molar refractivity (Wildman–Crippen MR) is 79.1 cm³/mol. The molecule has 6 nitrogen and oxygen atoms in total. The van der Waals surface area contributed by atoms with Crippen LogP contribution in [0.3, 0.4) is 0 Å². The quantitative estimate of drug-likeness (QED) is 0.603. The first-order valence-electron chi connectivity index (χ1n) is 8.03. The fourth-order valence-electron chi connectivity index (χ4n) is 4.59. The van der Waals surface area contributed by atoms with E-state index in [2.05, 4.69) is 6.58 Å². The average Bonchev–Trinajstić information content (AvgIpc) is 2.87. The van der Waals surface area contributed by atoms with Crippen LogP contribution >= 0.6 is 0 Å². The van der Waals surface area contributed by atoms with Gasteiger partial charge in [0, 0.05) is 19.3 Å². The normalized spacial score (nSPS) is 42.7. The summed E-state index contributed by atoms with van der Waals surface area (Å²) in [6.45, 7) is 6.52. The van der Waals surface area contributed by atoms with Crippen LogP contribution < -0.4 is 0 Å². The molecule has 0 bridgehead atoms. The summed E-state index contributed by atoms with van der Waals surface area (Å²) >= 11 is 0. The lowest BCUT2D eigenvalue weighted by Gasteiger charge is -2.37. The fourth-order valence-corrected chi connectivity index (χ4v) is 4.59. The lowest BCUT2D eigenvalue weighted by atomic mass is 9.75. The molecule has 2 aliphatic carbocycles. The van der Waals surface area contributed by atoms with Gasteiger partial charge in [0.15, 0.2) is 11.4 Å². The van der Waals surface area contributed by atoms with Crippen LogP contribution in [0.15, 0.2) is 12.2 Å². The van der Waals surface area contributed by atoms with Crippen molar-refractivity contribution in [2.24, 2.45) is 23.7 Å². The van der Waals surface area contributed by atoms with E-state index in [1.807, 2.05) is 6.92 Å². The van der Waals surface area contributed by atoms with Crippen LogP contribution in [0, 0.1) is 23.7 Å². The Morgan fingerprint density at radius 2 is 2.17 bits per heavy atom. The highest BCUT2D eigenvalue weighted by Crippen LogP contribution is 2.54. The topological polar surface area (TPSA) is 89.9 Å². The number of hydrogen-bond donors (Lipinski definition) is 1. The molecule has 0 unspecified atom stereocenters. The Kier molecular flexibility index (Phi) is 3.83. The monoisotopic (exact) mass is 322 g/mol. The fraction of sp³-hybridized carbons (Fsp3) is 0.706. The molecule has 0 amide bonds. The second-order valence-electron chi connectivity index (χ2n) is 6.95. The number of ether oxygens (including phenoxy) is 2. The number of aliphatic hydroxyl groups excluding tert-OH is 1. The lowest BCUT2D eigenvalue weighted by molar-refractivity contribution is -0.182. The van der Waals surface area contributed by atoms with E-state index in [-0.39, 0.29) is 35.9 Å². The van der Waals surface area contributed by atoms with Crippen LogP contribution in [0.25, 0.3) is 0 Å². The summed E-state index contributed by atoms with van der Waals surface area (Å²) in [7, 11) is 0. The van der Waals surface area contributed by atoms with Crippen molar-refractivity contribution in [2.75, 3.05) is 6.61 Å². The second-order valence-corrected chi connectivity index (χ2v) is 6.95. The highest BCUT2D eigenvalue weighted by atomic mass is 16.6. The van der Waals surface area contributed by atoms with Crippen molar-refractivity contribution in [3.8, 4) is 0 Å². The minimum absolute atomic E-state index is 0.0540. The van der Waals surface area contributed by atoms with Crippen molar-refractivity contribution in [2.45, 2.75) is 44.8 Å². The maximum atomic E-state index is 12.6. The highest BCUT2D eigenvalue weighted by Gasteiger charge is 2.65. The van der Waals surface area contributed by atoms with Gasteiger partial charge in [-0.3, -0.25) is 14.4 Å². The first-order chi connectivity index (χ1) is 10.8. The van der Waals surface area contributed by atoms with E-state index in [9.17, 15) is 19.5 Å². The number of ketones is 1. The van der Waals surface area contributed by atoms with Crippen molar-refractivity contribution in [3.63, 3.8) is 0 Å². The summed E-state index contributed by atoms with van der Waals surface area (Å²) in [4.78, 5) is 36.2. The summed E-state index contributed by atoms with van der Waals surface area (Å²) in [5, 5.41) is 9.94. The van der Waals surface area contributed by atoms with Gasteiger partial charge in [-0.15, -0.1) is 0 Å². The van der Waals surface area contributed by atoms with Gasteiger partial charge in [-0.2, -0.15) is 0 Å². The molecule has 1 heterocycles. The first-order valence-corrected chi connectivity index (χ1v) is 8.03. The van der Waals surface area contributed by atoms with E-state index in [0.717, 1.165) is 12.0 Å². The molecule has 3 rings (SSSR count). The molecule has 126 valence electrons. The molecule has 6 atom stereocenters. The third kappa shape index (κ3) is 2.23. The number of aliphatic hydroxyl groups is 1. The molecule has 0 aromatic rings. The van der Waals surface area contributed by atoms with Crippen molar-refractivity contribution >= 4 is 17.7 Å². The van der Waals surface area contributed by atoms with Gasteiger partial charge < -0.3 is 14.6 Å². The van der Waals surface area contributed by atoms with Gasteiger partial charge in [0.2, 0.25) is 0 Å². The number of allylic oxidation sites excluding steroid dienone is 1. The van der Waals surface area contributed by atoms with E-state index >= 15 is 0 Å². The maximum absolute atomic E-state index is 12.6. The first kappa shape index (κ1) is 16.2. The zero-order valence-electron chi connectivity index (χ0n) is 13.4. The summed E-state index contributed by atoms with van der Waals surface area (Å²) in [6, 6.07) is 0. The Hall–Kier alpha value is -1.69. The molecule has 2 saturated carbocycles. The van der Waals surface area contributed by atoms with E-state index < -0.39 is 30.2 Å². The molecule has 3 fully saturated rings. The zero-order chi connectivity index (χ0) is 16.9. The Morgan fingerprint density at radius 3 is 2.78 bits per heavy atom. The predicted octanol–water partition coefficient (Wildman–Crippen LogP) is 1.01. The Balaban J connectivity index is 2.09. The standard InChI is InChI=1S/C17H22O6/c1-8-4-5-11-9(2)16(21)22-15(11)14-12(8)6-13(20)17(14,7-18)23-10(3)19/h9,11-12,14-15,18H,1,4-7H2,2-3H3/t9-,11-,12-,14-,15-,17+/m0/s1. The molecule has 6 heteroatoms. The zero-order valence-corrected chi connectivity index (χ0v) is 13.4. The average molecular weight is 322 g/mol. The second kappa shape index (κ2) is 5.44. The van der Waals surface area contributed by atoms with Gasteiger partial charge in [-0.25, -0.2) is 0 Å². The number of carbonyl (C=O) groups excluding carboxylic acids is 3. The van der Waals surface area contributed by atoms with Crippen molar-refractivity contribution < 1.29 is 29.0 Å². The third-order valence-corrected chi connectivity index (χ3v) is 5.78. The molecule has 1 aliphatic heterocycles. The van der Waals surface area contributed by atoms with E-state index in [1.165, 1.54) is 6.92 Å². The number of carbonyl (C=O) groups is 3. The van der Waals surface area contributed by atoms with Crippen LogP contribution in [-0.2, 0) is 23.9 Å². The van der Waals surface area contributed by atoms with Crippen LogP contribution in [-0.4, -0.2) is 41.1 Å². The Bertz CT molecular complexity index is 582. The van der Waals surface area contributed by atoms with Gasteiger partial charge in [-0.1, -0.05) is 19.1 Å². The van der Waals surface area contributed by atoms with Crippen LogP contribution in [0.5, 0.6) is 0 Å². The van der Waals surface area contributed by atoms with Gasteiger partial charge in [0.25, 0.3) is 0 Å². The van der Waals surface area contributed by atoms with E-state index in [4.69, 9.17) is 9.47 Å². The summed E-state index contributed by atoms with van der Waals surface area (Å²) in [6.07, 6.45) is 1.09. The molecule has 0 spiro atoms. The summed E-state index contributed by atoms with van der Waals surface area (Å²) in [5.41, 5.74) is -0.722. The molecule has 1 saturated heterocycles. The number of hydrogen-bond acceptors (Lipinski definition) is 6. The number of esters is 2. The molecule has 0 aromatic heterocycles. The number of Topliss-reactive ketones (excluding diaryl/α,β-unsaturated/α-hetero) is 1. The van der Waals surface area contributed by atoms with E-state index in [1.54, 1.807) is 0 Å². The van der Waals surface area contributed by atoms with Crippen molar-refractivity contribution in [3.05, 3.63) is 12.2 Å². The SMILES string of the molecule is C=C1CC[C@@H]2[C@H](OC(=O)[C@H]2C)[C@@H]2[C@H]1CC(=O)[C@@]2(CO)OC(C)=O. The van der Waals surface area contributed by atoms with Gasteiger partial charge >= 0.3 is 11.9 Å². The molecular formula is C17H22O6. The van der Waals surface area contributed by atoms with Crippen molar-refractivity contribution in [1.29, 1.82) is 0 Å². The summed E-state index contributed by atoms with van der Waals surface area (Å²) in [5.74, 6) is -2.35. The number of rotatable bonds is 2. The van der Waals surface area contributed by atoms with Gasteiger partial charge in [-0.05, 0) is 18.8 Å². The van der Waals surface area contributed by atoms with Crippen LogP contribution in [0.2, 0.25) is 0 Å². The van der Waals surface area contributed by atoms with Crippen LogP contribution in [0.4, 0.5) is 0 Å². The lowest BCUT2D eigenvalue weighted by Crippen LogP contribution is -2.53. The molecule has 0 aromatic carbocycles. The summed E-state index contributed by atoms with van der Waals surface area (Å²) < 4.78 is 10.9. The third-order valence-electron chi connectivity index (χ3n) is 5.78. The smallest absolute Gasteiger partial charge is 0.309 e. The maximum Gasteiger partial charge on any atom is 0.309 e. The minimum Gasteiger partial charge on any atom is -0.461 e. The van der Waals surface area contributed by atoms with Gasteiger partial charge in [0.1, 0.15) is 6.10 Å². The molecule has 0 radical (unpaired) electrons.